The first kappa shape index (κ1) is 71.3. The van der Waals surface area contributed by atoms with Gasteiger partial charge < -0.3 is 88.5 Å². The molecule has 33 heteroatoms. The number of aliphatic hydroxyl groups is 8. The zero-order chi connectivity index (χ0) is 62.6. The van der Waals surface area contributed by atoms with Crippen molar-refractivity contribution in [3.63, 3.8) is 0 Å². The molecule has 2 saturated heterocycles. The Morgan fingerprint density at radius 2 is 0.862 bits per heavy atom. The van der Waals surface area contributed by atoms with Gasteiger partial charge in [0.1, 0.15) is 45.7 Å². The standard InChI is InChI=1S/2C27H33N3O8.2HNO3.3H2O/c2*1-26(37)13-7-6-8-16(31)17(13)21(32)18-14(26)11-15-20(29(2)3)22(33)19(24(35)27(15,38)23(18)34)25(36)28-12-30-9-4-5-10-30;2*2-1(3)4;;;/h2*6-8,14-15,20,31-32,35,37-38H,4-5,9-12H2,1-3H3,(H,28,36);2*(H,2,3,4);3*1H2/t2*14-,15-,20-,26+,27-;;;;;/m00...../s1. The molecule has 33 nitrogen and oxygen atoms in total. The summed E-state index contributed by atoms with van der Waals surface area (Å²) in [6.07, 6.45) is 3.55. The molecule has 10 atom stereocenters. The molecular weight excluding hydrogens is 1160 g/mol. The lowest BCUT2D eigenvalue weighted by molar-refractivity contribution is -0.742. The number of carbonyl (C=O) groups is 6. The largest absolute Gasteiger partial charge is 0.508 e. The van der Waals surface area contributed by atoms with Crippen molar-refractivity contribution < 1.29 is 117 Å². The molecule has 4 fully saturated rings. The van der Waals surface area contributed by atoms with Gasteiger partial charge in [-0.15, -0.1) is 20.2 Å². The number of Topliss-reactive ketones (excluding diaryl/α,β-unsaturated/α-hetero) is 4. The van der Waals surface area contributed by atoms with Crippen LogP contribution in [0, 0.1) is 43.9 Å². The Morgan fingerprint density at radius 1 is 0.575 bits per heavy atom. The third-order valence-electron chi connectivity index (χ3n) is 17.3. The number of carbonyl (C=O) groups excluding carboxylic acids is 6. The summed E-state index contributed by atoms with van der Waals surface area (Å²) in [5.41, 5.74) is -11.1. The second-order valence-electron chi connectivity index (χ2n) is 22.6. The van der Waals surface area contributed by atoms with Crippen molar-refractivity contribution in [3.05, 3.63) is 113 Å². The Kier molecular flexibility index (Phi) is 21.6. The van der Waals surface area contributed by atoms with Crippen LogP contribution in [0.4, 0.5) is 0 Å². The maximum Gasteiger partial charge on any atom is 0.291 e. The van der Waals surface area contributed by atoms with Gasteiger partial charge in [0.2, 0.25) is 11.6 Å². The number of benzene rings is 2. The van der Waals surface area contributed by atoms with Crippen LogP contribution in [0.3, 0.4) is 0 Å². The van der Waals surface area contributed by atoms with E-state index in [0.717, 1.165) is 51.9 Å². The number of likely N-dealkylation sites (N-methyl/N-ethyl adjacent to an activating group) is 2. The number of nitrogens with zero attached hydrogens (tertiary/aromatic N) is 6. The fourth-order valence-electron chi connectivity index (χ4n) is 13.4. The van der Waals surface area contributed by atoms with Gasteiger partial charge in [-0.2, -0.15) is 0 Å². The third kappa shape index (κ3) is 12.1. The smallest absolute Gasteiger partial charge is 0.291 e. The van der Waals surface area contributed by atoms with Crippen LogP contribution in [0.25, 0.3) is 11.5 Å². The molecule has 2 amide bonds. The summed E-state index contributed by atoms with van der Waals surface area (Å²) in [4.78, 5) is 105. The number of fused-ring (bicyclic) bond motifs is 6. The van der Waals surface area contributed by atoms with Crippen molar-refractivity contribution in [2.45, 2.75) is 86.9 Å². The molecule has 0 spiro atoms. The highest BCUT2D eigenvalue weighted by atomic mass is 16.9. The van der Waals surface area contributed by atoms with Gasteiger partial charge in [0.05, 0.1) is 47.8 Å². The number of rotatable bonds is 8. The lowest BCUT2D eigenvalue weighted by Crippen LogP contribution is -2.67. The number of aromatic hydroxyl groups is 2. The number of amides is 2. The maximum atomic E-state index is 14.0. The first-order valence-corrected chi connectivity index (χ1v) is 26.6. The Bertz CT molecular complexity index is 3000. The van der Waals surface area contributed by atoms with Gasteiger partial charge in [0, 0.05) is 34.8 Å². The summed E-state index contributed by atoms with van der Waals surface area (Å²) in [7, 11) is 6.24. The van der Waals surface area contributed by atoms with Crippen molar-refractivity contribution in [3.8, 4) is 11.5 Å². The number of phenols is 2. The molecule has 0 radical (unpaired) electrons. The predicted octanol–water partition coefficient (Wildman–Crippen LogP) is -2.54. The van der Waals surface area contributed by atoms with E-state index in [9.17, 15) is 79.8 Å². The Hall–Kier alpha value is -8.22. The molecule has 2 aliphatic heterocycles. The molecule has 20 N–H and O–H groups in total. The number of hydrogen-bond acceptors (Lipinski definition) is 24. The number of nitrogens with one attached hydrogen (secondary N) is 2. The highest BCUT2D eigenvalue weighted by Gasteiger charge is 2.68. The number of aliphatic hydroxyl groups excluding tert-OH is 4. The Labute approximate surface area is 494 Å². The fraction of sp³-hybridized carbons (Fsp3) is 0.519. The summed E-state index contributed by atoms with van der Waals surface area (Å²) >= 11 is 0. The summed E-state index contributed by atoms with van der Waals surface area (Å²) in [5, 5.41) is 145. The summed E-state index contributed by atoms with van der Waals surface area (Å²) < 4.78 is 0. The van der Waals surface area contributed by atoms with Gasteiger partial charge >= 0.3 is 0 Å². The van der Waals surface area contributed by atoms with E-state index in [2.05, 4.69) is 10.6 Å². The molecule has 0 unspecified atom stereocenters. The topological polar surface area (TPSA) is 563 Å². The second kappa shape index (κ2) is 26.4. The number of phenolic OH excluding ortho intramolecular Hbond substituents is 2. The van der Waals surface area contributed by atoms with Gasteiger partial charge in [0.15, 0.2) is 22.8 Å². The first-order valence-electron chi connectivity index (χ1n) is 26.6. The highest BCUT2D eigenvalue weighted by Crippen LogP contribution is 2.59. The molecule has 480 valence electrons. The van der Waals surface area contributed by atoms with Crippen LogP contribution in [-0.2, 0) is 40.0 Å². The minimum absolute atomic E-state index is 0. The van der Waals surface area contributed by atoms with E-state index < -0.39 is 137 Å². The maximum absolute atomic E-state index is 14.0. The van der Waals surface area contributed by atoms with Crippen molar-refractivity contribution in [1.82, 2.24) is 30.2 Å². The monoisotopic (exact) mass is 1230 g/mol. The molecular formula is C54H74N8O25. The van der Waals surface area contributed by atoms with E-state index in [1.807, 2.05) is 9.80 Å². The minimum Gasteiger partial charge on any atom is -0.508 e. The summed E-state index contributed by atoms with van der Waals surface area (Å²) in [5.74, 6) is -14.3. The van der Waals surface area contributed by atoms with Crippen molar-refractivity contribution in [1.29, 1.82) is 0 Å². The molecule has 0 aromatic heterocycles. The number of likely N-dealkylation sites (tertiary alicyclic amines) is 2. The molecule has 6 aliphatic carbocycles. The zero-order valence-corrected chi connectivity index (χ0v) is 48.0. The van der Waals surface area contributed by atoms with Crippen molar-refractivity contribution >= 4 is 46.5 Å². The van der Waals surface area contributed by atoms with Crippen LogP contribution in [0.2, 0.25) is 0 Å². The highest BCUT2D eigenvalue weighted by molar-refractivity contribution is 6.26. The average molecular weight is 1240 g/mol. The van der Waals surface area contributed by atoms with Gasteiger partial charge in [-0.05, 0) is 130 Å². The summed E-state index contributed by atoms with van der Waals surface area (Å²) in [6, 6.07) is 6.24. The SMILES string of the molecule is CN(C)[C@@H]1C(=O)C(C(=O)NCN2CCCC2)=C(O)[C@@]2(O)C(=O)C3=C(O)c4c(O)cccc4[C@@](C)(O)[C@H]3C[C@@H]12.CN(C)[C@@H]1C(=O)C(C(=O)NCN2CCCC2)=C(O)[C@@]2(O)C(=O)C3=C(O)c4c(O)cccc4[C@@](C)(O)[C@H]3C[C@@H]12.O.O.O.O=[N+]([O-])O.O=[N+]([O-])O. The van der Waals surface area contributed by atoms with Crippen LogP contribution in [-0.4, -0.2) is 234 Å². The van der Waals surface area contributed by atoms with Crippen molar-refractivity contribution in [2.75, 3.05) is 67.7 Å². The molecule has 2 aromatic rings. The number of ketones is 4. The van der Waals surface area contributed by atoms with Gasteiger partial charge in [-0.1, -0.05) is 24.3 Å². The minimum atomic E-state index is -2.72. The Morgan fingerprint density at radius 3 is 1.14 bits per heavy atom. The average Bonchev–Trinajstić information content (AvgIpc) is 1.35. The molecule has 2 heterocycles. The third-order valence-corrected chi connectivity index (χ3v) is 17.3. The fourth-order valence-corrected chi connectivity index (χ4v) is 13.4. The first-order chi connectivity index (χ1) is 39.1. The van der Waals surface area contributed by atoms with E-state index >= 15 is 0 Å². The van der Waals surface area contributed by atoms with E-state index in [4.69, 9.17) is 30.6 Å². The molecule has 87 heavy (non-hydrogen) atoms. The molecule has 8 aliphatic rings. The van der Waals surface area contributed by atoms with E-state index in [-0.39, 0.29) is 87.5 Å². The van der Waals surface area contributed by atoms with Crippen LogP contribution < -0.4 is 10.6 Å². The van der Waals surface area contributed by atoms with Gasteiger partial charge in [0.25, 0.3) is 22.0 Å². The zero-order valence-electron chi connectivity index (χ0n) is 48.0. The summed E-state index contributed by atoms with van der Waals surface area (Å²) in [6.45, 7) is 6.22. The van der Waals surface area contributed by atoms with Crippen LogP contribution in [0.15, 0.2) is 70.2 Å². The van der Waals surface area contributed by atoms with E-state index in [0.29, 0.717) is 0 Å². The van der Waals surface area contributed by atoms with Crippen LogP contribution >= 0.6 is 0 Å². The van der Waals surface area contributed by atoms with Crippen LogP contribution in [0.5, 0.6) is 11.5 Å². The molecule has 2 saturated carbocycles. The molecule has 0 bridgehead atoms. The molecule has 2 aromatic carbocycles. The second-order valence-corrected chi connectivity index (χ2v) is 22.6. The normalized spacial score (nSPS) is 29.7. The van der Waals surface area contributed by atoms with Gasteiger partial charge in [-0.3, -0.25) is 48.4 Å². The quantitative estimate of drug-likeness (QED) is 0.0735. The van der Waals surface area contributed by atoms with E-state index in [1.165, 1.54) is 60.0 Å². The van der Waals surface area contributed by atoms with Gasteiger partial charge in [-0.25, -0.2) is 0 Å². The van der Waals surface area contributed by atoms with Crippen LogP contribution in [0.1, 0.15) is 74.6 Å². The van der Waals surface area contributed by atoms with Crippen molar-refractivity contribution in [2.24, 2.45) is 23.7 Å². The lowest BCUT2D eigenvalue weighted by Gasteiger charge is -2.53. The molecule has 10 rings (SSSR count). The Balaban J connectivity index is 0.000000322. The van der Waals surface area contributed by atoms with E-state index in [1.54, 1.807) is 28.2 Å². The predicted molar refractivity (Wildman–Crippen MR) is 298 cm³/mol. The number of hydrogen-bond donors (Lipinski definition) is 14. The lowest BCUT2D eigenvalue weighted by atomic mass is 9.54.